The van der Waals surface area contributed by atoms with Crippen LogP contribution in [0.2, 0.25) is 0 Å². The van der Waals surface area contributed by atoms with Gasteiger partial charge in [-0.1, -0.05) is 18.2 Å². The monoisotopic (exact) mass is 374 g/mol. The summed E-state index contributed by atoms with van der Waals surface area (Å²) in [5.41, 5.74) is 1.97. The molecule has 0 radical (unpaired) electrons. The molecule has 0 heterocycles. The highest BCUT2D eigenvalue weighted by molar-refractivity contribution is 7.92. The van der Waals surface area contributed by atoms with E-state index >= 15 is 0 Å². The summed E-state index contributed by atoms with van der Waals surface area (Å²) in [7, 11) is -2.04. The minimum Gasteiger partial charge on any atom is -0.465 e. The Morgan fingerprint density at radius 2 is 1.73 bits per heavy atom. The normalized spacial score (nSPS) is 11.2. The third kappa shape index (κ3) is 6.06. The van der Waals surface area contributed by atoms with E-state index in [0.29, 0.717) is 16.9 Å². The summed E-state index contributed by atoms with van der Waals surface area (Å²) >= 11 is 0. The van der Waals surface area contributed by atoms with E-state index in [2.05, 4.69) is 14.8 Å². The first kappa shape index (κ1) is 19.2. The van der Waals surface area contributed by atoms with Crippen molar-refractivity contribution < 1.29 is 22.7 Å². The number of sulfonamides is 1. The molecule has 0 unspecified atom stereocenters. The molecule has 0 spiro atoms. The van der Waals surface area contributed by atoms with Crippen molar-refractivity contribution in [1.29, 1.82) is 0 Å². The van der Waals surface area contributed by atoms with Gasteiger partial charge in [0.1, 0.15) is 0 Å². The third-order valence-corrected chi connectivity index (χ3v) is 3.80. The first-order valence-corrected chi connectivity index (χ1v) is 9.41. The fraction of sp³-hybridized carbons (Fsp3) is 0.111. The molecule has 0 saturated carbocycles. The second-order valence-corrected chi connectivity index (χ2v) is 7.14. The van der Waals surface area contributed by atoms with Crippen LogP contribution >= 0.6 is 0 Å². The minimum atomic E-state index is -3.33. The van der Waals surface area contributed by atoms with Crippen LogP contribution in [0.4, 0.5) is 11.4 Å². The summed E-state index contributed by atoms with van der Waals surface area (Å²) in [6.45, 7) is 0. The molecule has 0 saturated heterocycles. The Balaban J connectivity index is 2.00. The molecule has 8 heteroatoms. The number of ether oxygens (including phenoxy) is 1. The van der Waals surface area contributed by atoms with Gasteiger partial charge in [-0.3, -0.25) is 9.52 Å². The van der Waals surface area contributed by atoms with Crippen LogP contribution in [0.25, 0.3) is 6.08 Å². The van der Waals surface area contributed by atoms with Gasteiger partial charge in [-0.05, 0) is 42.0 Å². The second kappa shape index (κ2) is 8.30. The SMILES string of the molecule is COC(=O)c1cccc(NC(=O)/C=C/c2ccc(NS(C)(=O)=O)cc2)c1. The molecule has 0 aliphatic heterocycles. The number of hydrogen-bond acceptors (Lipinski definition) is 5. The van der Waals surface area contributed by atoms with Crippen LogP contribution in [-0.4, -0.2) is 33.7 Å². The van der Waals surface area contributed by atoms with E-state index in [1.54, 1.807) is 48.5 Å². The van der Waals surface area contributed by atoms with Crippen LogP contribution in [0.15, 0.2) is 54.6 Å². The lowest BCUT2D eigenvalue weighted by Crippen LogP contribution is -2.09. The molecule has 7 nitrogen and oxygen atoms in total. The van der Waals surface area contributed by atoms with Crippen molar-refractivity contribution in [3.8, 4) is 0 Å². The molecule has 2 aromatic carbocycles. The lowest BCUT2D eigenvalue weighted by molar-refractivity contribution is -0.111. The van der Waals surface area contributed by atoms with Gasteiger partial charge in [0.05, 0.1) is 18.9 Å². The predicted molar refractivity (Wildman–Crippen MR) is 100 cm³/mol. The van der Waals surface area contributed by atoms with Gasteiger partial charge >= 0.3 is 5.97 Å². The van der Waals surface area contributed by atoms with E-state index in [4.69, 9.17) is 0 Å². The third-order valence-electron chi connectivity index (χ3n) is 3.19. The average molecular weight is 374 g/mol. The first-order valence-electron chi connectivity index (χ1n) is 7.52. The van der Waals surface area contributed by atoms with Crippen molar-refractivity contribution in [2.45, 2.75) is 0 Å². The number of rotatable bonds is 6. The molecule has 0 atom stereocenters. The highest BCUT2D eigenvalue weighted by Crippen LogP contribution is 2.13. The molecule has 0 aliphatic carbocycles. The molecule has 2 N–H and O–H groups in total. The molecule has 0 fully saturated rings. The van der Waals surface area contributed by atoms with E-state index in [-0.39, 0.29) is 5.91 Å². The van der Waals surface area contributed by atoms with Crippen LogP contribution in [0.1, 0.15) is 15.9 Å². The molecule has 1 amide bonds. The molecular weight excluding hydrogens is 356 g/mol. The van der Waals surface area contributed by atoms with Crippen LogP contribution in [0, 0.1) is 0 Å². The van der Waals surface area contributed by atoms with Crippen molar-refractivity contribution in [3.05, 3.63) is 65.7 Å². The number of carbonyl (C=O) groups is 2. The fourth-order valence-electron chi connectivity index (χ4n) is 2.07. The Hall–Kier alpha value is -3.13. The van der Waals surface area contributed by atoms with E-state index in [0.717, 1.165) is 11.8 Å². The molecular formula is C18H18N2O5S. The van der Waals surface area contributed by atoms with E-state index in [1.165, 1.54) is 19.3 Å². The summed E-state index contributed by atoms with van der Waals surface area (Å²) < 4.78 is 29.3. The van der Waals surface area contributed by atoms with E-state index in [9.17, 15) is 18.0 Å². The van der Waals surface area contributed by atoms with Gasteiger partial charge in [0.15, 0.2) is 0 Å². The summed E-state index contributed by atoms with van der Waals surface area (Å²) in [4.78, 5) is 23.5. The number of hydrogen-bond donors (Lipinski definition) is 2. The highest BCUT2D eigenvalue weighted by Gasteiger charge is 2.06. The number of methoxy groups -OCH3 is 1. The predicted octanol–water partition coefficient (Wildman–Crippen LogP) is 2.50. The highest BCUT2D eigenvalue weighted by atomic mass is 32.2. The molecule has 2 aromatic rings. The van der Waals surface area contributed by atoms with E-state index in [1.807, 2.05) is 0 Å². The minimum absolute atomic E-state index is 0.336. The first-order chi connectivity index (χ1) is 12.3. The van der Waals surface area contributed by atoms with Gasteiger partial charge in [-0.2, -0.15) is 0 Å². The Bertz CT molecular complexity index is 934. The number of esters is 1. The van der Waals surface area contributed by atoms with Crippen molar-refractivity contribution in [1.82, 2.24) is 0 Å². The van der Waals surface area contributed by atoms with Gasteiger partial charge in [0, 0.05) is 17.5 Å². The molecule has 2 rings (SSSR count). The maximum absolute atomic E-state index is 12.0. The standard InChI is InChI=1S/C18H18N2O5S/c1-25-18(22)14-4-3-5-16(12-14)19-17(21)11-8-13-6-9-15(10-7-13)20-26(2,23)24/h3-12,20H,1-2H3,(H,19,21)/b11-8+. The zero-order chi connectivity index (χ0) is 19.2. The topological polar surface area (TPSA) is 102 Å². The Labute approximate surface area is 151 Å². The van der Waals surface area contributed by atoms with Gasteiger partial charge in [-0.25, -0.2) is 13.2 Å². The fourth-order valence-corrected chi connectivity index (χ4v) is 2.64. The Morgan fingerprint density at radius 1 is 1.04 bits per heavy atom. The van der Waals surface area contributed by atoms with Crippen molar-refractivity contribution in [2.75, 3.05) is 23.4 Å². The Kier molecular flexibility index (Phi) is 6.13. The van der Waals surface area contributed by atoms with E-state index < -0.39 is 16.0 Å². The lowest BCUT2D eigenvalue weighted by Gasteiger charge is -2.05. The Morgan fingerprint density at radius 3 is 2.35 bits per heavy atom. The van der Waals surface area contributed by atoms with Gasteiger partial charge < -0.3 is 10.1 Å². The number of nitrogens with one attached hydrogen (secondary N) is 2. The summed E-state index contributed by atoms with van der Waals surface area (Å²) in [6, 6.07) is 12.9. The summed E-state index contributed by atoms with van der Waals surface area (Å²) in [5.74, 6) is -0.857. The average Bonchev–Trinajstić information content (AvgIpc) is 2.59. The molecule has 26 heavy (non-hydrogen) atoms. The number of amides is 1. The maximum atomic E-state index is 12.0. The zero-order valence-corrected chi connectivity index (χ0v) is 15.0. The summed E-state index contributed by atoms with van der Waals surface area (Å²) in [6.07, 6.45) is 3.99. The smallest absolute Gasteiger partial charge is 0.337 e. The number of carbonyl (C=O) groups excluding carboxylic acids is 2. The lowest BCUT2D eigenvalue weighted by atomic mass is 10.2. The number of benzene rings is 2. The number of anilines is 2. The zero-order valence-electron chi connectivity index (χ0n) is 14.2. The van der Waals surface area contributed by atoms with Crippen molar-refractivity contribution >= 4 is 39.4 Å². The summed E-state index contributed by atoms with van der Waals surface area (Å²) in [5, 5.41) is 2.65. The molecule has 0 bridgehead atoms. The van der Waals surface area contributed by atoms with Crippen LogP contribution in [-0.2, 0) is 19.6 Å². The molecule has 0 aliphatic rings. The second-order valence-electron chi connectivity index (χ2n) is 5.39. The van der Waals surface area contributed by atoms with Crippen molar-refractivity contribution in [2.24, 2.45) is 0 Å². The van der Waals surface area contributed by atoms with Gasteiger partial charge in [-0.15, -0.1) is 0 Å². The van der Waals surface area contributed by atoms with Crippen LogP contribution in [0.5, 0.6) is 0 Å². The van der Waals surface area contributed by atoms with Crippen molar-refractivity contribution in [3.63, 3.8) is 0 Å². The van der Waals surface area contributed by atoms with Crippen LogP contribution < -0.4 is 10.0 Å². The molecule has 136 valence electrons. The van der Waals surface area contributed by atoms with Crippen LogP contribution in [0.3, 0.4) is 0 Å². The van der Waals surface area contributed by atoms with Gasteiger partial charge in [0.25, 0.3) is 0 Å². The maximum Gasteiger partial charge on any atom is 0.337 e. The molecule has 0 aromatic heterocycles. The largest absolute Gasteiger partial charge is 0.465 e. The quantitative estimate of drug-likeness (QED) is 0.597. The van der Waals surface area contributed by atoms with Gasteiger partial charge in [0.2, 0.25) is 15.9 Å².